The van der Waals surface area contributed by atoms with Crippen molar-refractivity contribution in [1.82, 2.24) is 5.32 Å². The number of hydrogen-bond donors (Lipinski definition) is 1. The number of rotatable bonds is 5. The van der Waals surface area contributed by atoms with Crippen molar-refractivity contribution in [2.45, 2.75) is 57.9 Å². The van der Waals surface area contributed by atoms with Crippen molar-refractivity contribution in [2.75, 3.05) is 6.54 Å². The van der Waals surface area contributed by atoms with Crippen molar-refractivity contribution in [1.29, 1.82) is 0 Å². The molecule has 19 heavy (non-hydrogen) atoms. The second-order valence-corrected chi connectivity index (χ2v) is 13.6. The summed E-state index contributed by atoms with van der Waals surface area (Å²) in [6.45, 7) is 15.0. The lowest BCUT2D eigenvalue weighted by atomic mass is 9.99. The van der Waals surface area contributed by atoms with Crippen molar-refractivity contribution >= 4 is 19.7 Å². The van der Waals surface area contributed by atoms with Gasteiger partial charge in [-0.1, -0.05) is 43.4 Å². The first kappa shape index (κ1) is 16.7. The minimum absolute atomic E-state index is 0.171. The van der Waals surface area contributed by atoms with Gasteiger partial charge in [-0.05, 0) is 50.4 Å². The molecule has 0 spiro atoms. The molecule has 108 valence electrons. The zero-order chi connectivity index (χ0) is 14.7. The average molecular weight is 298 g/mol. The summed E-state index contributed by atoms with van der Waals surface area (Å²) < 4.78 is 0. The van der Waals surface area contributed by atoms with E-state index in [0.29, 0.717) is 5.92 Å². The molecule has 1 unspecified atom stereocenters. The van der Waals surface area contributed by atoms with Crippen LogP contribution in [-0.4, -0.2) is 20.2 Å². The Labute approximate surface area is 124 Å². The van der Waals surface area contributed by atoms with Gasteiger partial charge in [-0.25, -0.2) is 0 Å². The van der Waals surface area contributed by atoms with Crippen LogP contribution in [0.3, 0.4) is 0 Å². The topological polar surface area (TPSA) is 12.0 Å². The van der Waals surface area contributed by atoms with Crippen LogP contribution in [-0.2, 0) is 0 Å². The molecule has 3 heteroatoms. The minimum Gasteiger partial charge on any atom is -0.311 e. The van der Waals surface area contributed by atoms with Gasteiger partial charge in [-0.2, -0.15) is 0 Å². The molecular weight excluding hydrogens is 270 g/mol. The van der Waals surface area contributed by atoms with E-state index in [1.54, 1.807) is 0 Å². The SMILES string of the molecule is CC(C)(C)NCC(C[Si](C)(C)C)c1ccc(Cl)cc1. The molecule has 0 saturated heterocycles. The van der Waals surface area contributed by atoms with Crippen LogP contribution in [0.15, 0.2) is 24.3 Å². The number of benzene rings is 1. The summed E-state index contributed by atoms with van der Waals surface area (Å²) in [7, 11) is -1.09. The Hall–Kier alpha value is -0.313. The number of nitrogens with one attached hydrogen (secondary N) is 1. The lowest BCUT2D eigenvalue weighted by Gasteiger charge is -2.29. The van der Waals surface area contributed by atoms with E-state index >= 15 is 0 Å². The summed E-state index contributed by atoms with van der Waals surface area (Å²) in [5.74, 6) is 0.586. The third-order valence-electron chi connectivity index (χ3n) is 3.08. The zero-order valence-electron chi connectivity index (χ0n) is 13.2. The summed E-state index contributed by atoms with van der Waals surface area (Å²) in [6, 6.07) is 9.67. The molecule has 0 fully saturated rings. The van der Waals surface area contributed by atoms with Gasteiger partial charge in [-0.15, -0.1) is 0 Å². The Balaban J connectivity index is 2.83. The maximum Gasteiger partial charge on any atom is 0.0449 e. The molecule has 0 bridgehead atoms. The summed E-state index contributed by atoms with van der Waals surface area (Å²) >= 11 is 5.99. The van der Waals surface area contributed by atoms with Crippen LogP contribution in [0.1, 0.15) is 32.3 Å². The van der Waals surface area contributed by atoms with E-state index < -0.39 is 8.07 Å². The van der Waals surface area contributed by atoms with Gasteiger partial charge in [0.15, 0.2) is 0 Å². The van der Waals surface area contributed by atoms with Gasteiger partial charge in [0, 0.05) is 25.2 Å². The van der Waals surface area contributed by atoms with E-state index in [9.17, 15) is 0 Å². The molecular formula is C16H28ClNSi. The monoisotopic (exact) mass is 297 g/mol. The molecule has 0 aliphatic carbocycles. The Morgan fingerprint density at radius 3 is 2.05 bits per heavy atom. The van der Waals surface area contributed by atoms with Gasteiger partial charge < -0.3 is 5.32 Å². The van der Waals surface area contributed by atoms with E-state index in [4.69, 9.17) is 11.6 Å². The molecule has 1 nitrogen and oxygen atoms in total. The Kier molecular flexibility index (Phi) is 5.66. The van der Waals surface area contributed by atoms with E-state index in [2.05, 4.69) is 57.9 Å². The highest BCUT2D eigenvalue weighted by Crippen LogP contribution is 2.27. The highest BCUT2D eigenvalue weighted by atomic mass is 35.5. The smallest absolute Gasteiger partial charge is 0.0449 e. The molecule has 1 rings (SSSR count). The Morgan fingerprint density at radius 2 is 1.63 bits per heavy atom. The molecule has 0 radical (unpaired) electrons. The predicted octanol–water partition coefficient (Wildman–Crippen LogP) is 5.15. The summed E-state index contributed by atoms with van der Waals surface area (Å²) in [4.78, 5) is 0. The summed E-state index contributed by atoms with van der Waals surface area (Å²) in [5.41, 5.74) is 1.58. The molecule has 1 aromatic rings. The van der Waals surface area contributed by atoms with Crippen molar-refractivity contribution < 1.29 is 0 Å². The first-order valence-corrected chi connectivity index (χ1v) is 11.2. The maximum atomic E-state index is 5.99. The quantitative estimate of drug-likeness (QED) is 0.741. The minimum atomic E-state index is -1.09. The standard InChI is InChI=1S/C16H28ClNSi/c1-16(2,3)18-11-14(12-19(4,5)6)13-7-9-15(17)10-8-13/h7-10,14,18H,11-12H2,1-6H3. The van der Waals surface area contributed by atoms with Gasteiger partial charge in [0.25, 0.3) is 0 Å². The van der Waals surface area contributed by atoms with Crippen molar-refractivity contribution in [3.05, 3.63) is 34.9 Å². The normalized spacial score (nSPS) is 14.5. The maximum absolute atomic E-state index is 5.99. The van der Waals surface area contributed by atoms with Crippen LogP contribution in [0.25, 0.3) is 0 Å². The van der Waals surface area contributed by atoms with E-state index in [-0.39, 0.29) is 5.54 Å². The van der Waals surface area contributed by atoms with Crippen LogP contribution >= 0.6 is 11.6 Å². The Bertz CT molecular complexity index is 387. The third-order valence-corrected chi connectivity index (χ3v) is 5.05. The van der Waals surface area contributed by atoms with Gasteiger partial charge in [-0.3, -0.25) is 0 Å². The number of halogens is 1. The number of hydrogen-bond acceptors (Lipinski definition) is 1. The summed E-state index contributed by atoms with van der Waals surface area (Å²) in [6.07, 6.45) is 0. The molecule has 1 N–H and O–H groups in total. The van der Waals surface area contributed by atoms with Crippen molar-refractivity contribution in [3.8, 4) is 0 Å². The Morgan fingerprint density at radius 1 is 1.11 bits per heavy atom. The van der Waals surface area contributed by atoms with E-state index in [1.165, 1.54) is 11.6 Å². The fraction of sp³-hybridized carbons (Fsp3) is 0.625. The van der Waals surface area contributed by atoms with Gasteiger partial charge in [0.05, 0.1) is 0 Å². The van der Waals surface area contributed by atoms with Crippen LogP contribution in [0.2, 0.25) is 30.7 Å². The fourth-order valence-electron chi connectivity index (χ4n) is 2.21. The molecule has 0 heterocycles. The first-order chi connectivity index (χ1) is 8.57. The molecule has 0 aromatic heterocycles. The van der Waals surface area contributed by atoms with E-state index in [1.807, 2.05) is 12.1 Å². The van der Waals surface area contributed by atoms with Crippen LogP contribution < -0.4 is 5.32 Å². The second-order valence-electron chi connectivity index (χ2n) is 7.64. The highest BCUT2D eigenvalue weighted by molar-refractivity contribution is 6.76. The summed E-state index contributed by atoms with van der Waals surface area (Å²) in [5, 5.41) is 4.47. The van der Waals surface area contributed by atoms with Crippen LogP contribution in [0.4, 0.5) is 0 Å². The average Bonchev–Trinajstić information content (AvgIpc) is 2.23. The largest absolute Gasteiger partial charge is 0.311 e. The highest BCUT2D eigenvalue weighted by Gasteiger charge is 2.23. The van der Waals surface area contributed by atoms with Gasteiger partial charge in [0.1, 0.15) is 0 Å². The van der Waals surface area contributed by atoms with Crippen molar-refractivity contribution in [3.63, 3.8) is 0 Å². The lowest BCUT2D eigenvalue weighted by Crippen LogP contribution is -2.40. The molecule has 0 aliphatic heterocycles. The van der Waals surface area contributed by atoms with E-state index in [0.717, 1.165) is 11.6 Å². The predicted molar refractivity (Wildman–Crippen MR) is 90.1 cm³/mol. The second kappa shape index (κ2) is 6.42. The zero-order valence-corrected chi connectivity index (χ0v) is 14.9. The molecule has 0 amide bonds. The third kappa shape index (κ3) is 7.14. The molecule has 0 saturated carbocycles. The van der Waals surface area contributed by atoms with Crippen LogP contribution in [0, 0.1) is 0 Å². The molecule has 0 aliphatic rings. The molecule has 1 aromatic carbocycles. The fourth-order valence-corrected chi connectivity index (χ4v) is 4.20. The molecule has 1 atom stereocenters. The lowest BCUT2D eigenvalue weighted by molar-refractivity contribution is 0.411. The van der Waals surface area contributed by atoms with Crippen molar-refractivity contribution in [2.24, 2.45) is 0 Å². The first-order valence-electron chi connectivity index (χ1n) is 7.07. The van der Waals surface area contributed by atoms with Crippen LogP contribution in [0.5, 0.6) is 0 Å². The van der Waals surface area contributed by atoms with Gasteiger partial charge in [0.2, 0.25) is 0 Å². The van der Waals surface area contributed by atoms with Gasteiger partial charge >= 0.3 is 0 Å².